The van der Waals surface area contributed by atoms with Crippen LogP contribution in [0.25, 0.3) is 5.69 Å². The van der Waals surface area contributed by atoms with Crippen molar-refractivity contribution in [2.24, 2.45) is 0 Å². The summed E-state index contributed by atoms with van der Waals surface area (Å²) < 4.78 is 7.88. The number of nitrogens with zero attached hydrogens (tertiary/aromatic N) is 3. The Morgan fingerprint density at radius 2 is 1.68 bits per heavy atom. The highest BCUT2D eigenvalue weighted by Crippen LogP contribution is 2.37. The van der Waals surface area contributed by atoms with Gasteiger partial charge in [-0.3, -0.25) is 9.36 Å². The van der Waals surface area contributed by atoms with Crippen LogP contribution in [0.5, 0.6) is 5.75 Å². The van der Waals surface area contributed by atoms with E-state index in [0.29, 0.717) is 21.8 Å². The Labute approximate surface area is 207 Å². The second-order valence-corrected chi connectivity index (χ2v) is 9.46. The van der Waals surface area contributed by atoms with Crippen molar-refractivity contribution in [3.05, 3.63) is 101 Å². The number of rotatable bonds is 9. The number of hydrogen-bond acceptors (Lipinski definition) is 5. The number of hydrogen-bond donors (Lipinski definition) is 1. The highest BCUT2D eigenvalue weighted by Gasteiger charge is 2.31. The summed E-state index contributed by atoms with van der Waals surface area (Å²) in [5.41, 5.74) is 1.81. The number of para-hydroxylation sites is 2. The van der Waals surface area contributed by atoms with Crippen molar-refractivity contribution in [3.63, 3.8) is 0 Å². The van der Waals surface area contributed by atoms with Crippen LogP contribution in [0.15, 0.2) is 90.1 Å². The van der Waals surface area contributed by atoms with Crippen LogP contribution in [0, 0.1) is 0 Å². The lowest BCUT2D eigenvalue weighted by Crippen LogP contribution is -2.30. The summed E-state index contributed by atoms with van der Waals surface area (Å²) in [6.07, 6.45) is 2.06. The lowest BCUT2D eigenvalue weighted by atomic mass is 10.1. The van der Waals surface area contributed by atoms with Crippen molar-refractivity contribution in [1.29, 1.82) is 0 Å². The summed E-state index contributed by atoms with van der Waals surface area (Å²) in [5, 5.41) is 12.7. The van der Waals surface area contributed by atoms with E-state index in [0.717, 1.165) is 24.1 Å². The van der Waals surface area contributed by atoms with Gasteiger partial charge < -0.3 is 10.1 Å². The monoisotopic (exact) mass is 490 g/mol. The quantitative estimate of drug-likeness (QED) is 0.309. The summed E-state index contributed by atoms with van der Waals surface area (Å²) in [5.74, 6) is 1.17. The number of amides is 1. The van der Waals surface area contributed by atoms with E-state index in [-0.39, 0.29) is 18.6 Å². The number of carbonyl (C=O) groups excluding carboxylic acids is 1. The van der Waals surface area contributed by atoms with Crippen LogP contribution in [-0.2, 0) is 11.4 Å². The molecule has 0 spiro atoms. The average molecular weight is 491 g/mol. The summed E-state index contributed by atoms with van der Waals surface area (Å²) in [7, 11) is 0. The van der Waals surface area contributed by atoms with Gasteiger partial charge in [-0.05, 0) is 42.7 Å². The van der Waals surface area contributed by atoms with E-state index in [4.69, 9.17) is 16.3 Å². The molecule has 6 nitrogen and oxygen atoms in total. The first-order chi connectivity index (χ1) is 16.7. The molecule has 34 heavy (non-hydrogen) atoms. The Bertz CT molecular complexity index is 1260. The van der Waals surface area contributed by atoms with Crippen molar-refractivity contribution >= 4 is 29.3 Å². The Balaban J connectivity index is 1.47. The highest BCUT2D eigenvalue weighted by molar-refractivity contribution is 8.00. The van der Waals surface area contributed by atoms with Gasteiger partial charge in [0.25, 0.3) is 0 Å². The predicted molar refractivity (Wildman–Crippen MR) is 133 cm³/mol. The maximum absolute atomic E-state index is 13.2. The average Bonchev–Trinajstić information content (AvgIpc) is 3.60. The molecule has 1 aliphatic rings. The molecule has 1 fully saturated rings. The van der Waals surface area contributed by atoms with E-state index in [1.54, 1.807) is 6.07 Å². The molecule has 0 saturated heterocycles. The van der Waals surface area contributed by atoms with Crippen LogP contribution in [0.3, 0.4) is 0 Å². The van der Waals surface area contributed by atoms with Gasteiger partial charge in [-0.1, -0.05) is 84.0 Å². The van der Waals surface area contributed by atoms with E-state index in [9.17, 15) is 4.79 Å². The van der Waals surface area contributed by atoms with E-state index in [2.05, 4.69) is 15.5 Å². The minimum Gasteiger partial charge on any atom is -0.484 e. The third kappa shape index (κ3) is 5.26. The first-order valence-corrected chi connectivity index (χ1v) is 12.3. The molecule has 1 amide bonds. The fourth-order valence-electron chi connectivity index (χ4n) is 3.52. The highest BCUT2D eigenvalue weighted by atomic mass is 35.5. The number of thioether (sulfide) groups is 1. The van der Waals surface area contributed by atoms with E-state index in [1.165, 1.54) is 11.8 Å². The Hall–Kier alpha value is -3.29. The molecule has 3 aromatic carbocycles. The predicted octanol–water partition coefficient (Wildman–Crippen LogP) is 5.61. The lowest BCUT2D eigenvalue weighted by Gasteiger charge is -2.17. The molecule has 1 heterocycles. The summed E-state index contributed by atoms with van der Waals surface area (Å²) in [4.78, 5) is 13.2. The van der Waals surface area contributed by atoms with Gasteiger partial charge >= 0.3 is 0 Å². The van der Waals surface area contributed by atoms with Crippen molar-refractivity contribution in [3.8, 4) is 11.4 Å². The van der Waals surface area contributed by atoms with Crippen LogP contribution in [0.1, 0.15) is 29.5 Å². The summed E-state index contributed by atoms with van der Waals surface area (Å²) >= 11 is 7.64. The van der Waals surface area contributed by atoms with Crippen LogP contribution < -0.4 is 10.1 Å². The standard InChI is InChI=1S/C26H23ClN4O2S/c27-21-13-7-8-14-22(21)33-17-23-29-30-26(31(23)20-11-5-2-6-12-20)34-24(18-9-3-1-4-10-18)25(32)28-19-15-16-19/h1-14,19,24H,15-17H2,(H,28,32). The Morgan fingerprint density at radius 3 is 2.38 bits per heavy atom. The van der Waals surface area contributed by atoms with Crippen LogP contribution in [0.4, 0.5) is 0 Å². The van der Waals surface area contributed by atoms with E-state index < -0.39 is 5.25 Å². The minimum atomic E-state index is -0.453. The summed E-state index contributed by atoms with van der Waals surface area (Å²) in [6, 6.07) is 27.2. The first kappa shape index (κ1) is 22.5. The molecule has 0 aliphatic heterocycles. The maximum atomic E-state index is 13.2. The zero-order valence-corrected chi connectivity index (χ0v) is 19.9. The van der Waals surface area contributed by atoms with Gasteiger partial charge in [0.05, 0.1) is 5.02 Å². The fraction of sp³-hybridized carbons (Fsp3) is 0.192. The fourth-order valence-corrected chi connectivity index (χ4v) is 4.79. The van der Waals surface area contributed by atoms with E-state index in [1.807, 2.05) is 83.4 Å². The zero-order chi connectivity index (χ0) is 23.3. The number of benzene rings is 3. The Morgan fingerprint density at radius 1 is 1.00 bits per heavy atom. The van der Waals surface area contributed by atoms with Crippen molar-refractivity contribution in [2.75, 3.05) is 0 Å². The first-order valence-electron chi connectivity index (χ1n) is 11.1. The van der Waals surface area contributed by atoms with Crippen molar-refractivity contribution in [2.45, 2.75) is 35.9 Å². The molecule has 1 unspecified atom stereocenters. The molecule has 172 valence electrons. The summed E-state index contributed by atoms with van der Waals surface area (Å²) in [6.45, 7) is 0.177. The molecule has 1 N–H and O–H groups in total. The van der Waals surface area contributed by atoms with Gasteiger partial charge in [0.15, 0.2) is 11.0 Å². The number of nitrogens with one attached hydrogen (secondary N) is 1. The second kappa shape index (κ2) is 10.3. The molecular weight excluding hydrogens is 468 g/mol. The van der Waals surface area contributed by atoms with Gasteiger partial charge in [0, 0.05) is 11.7 Å². The number of aromatic nitrogens is 3. The molecule has 0 bridgehead atoms. The molecular formula is C26H23ClN4O2S. The van der Waals surface area contributed by atoms with Crippen molar-refractivity contribution < 1.29 is 9.53 Å². The molecule has 4 aromatic rings. The smallest absolute Gasteiger partial charge is 0.238 e. The van der Waals surface area contributed by atoms with Crippen LogP contribution in [-0.4, -0.2) is 26.7 Å². The third-order valence-corrected chi connectivity index (χ3v) is 6.90. The molecule has 0 radical (unpaired) electrons. The molecule has 1 aromatic heterocycles. The lowest BCUT2D eigenvalue weighted by molar-refractivity contribution is -0.120. The molecule has 1 saturated carbocycles. The molecule has 1 atom stereocenters. The number of ether oxygens (including phenoxy) is 1. The maximum Gasteiger partial charge on any atom is 0.238 e. The Kier molecular flexibility index (Phi) is 6.83. The second-order valence-electron chi connectivity index (χ2n) is 7.98. The minimum absolute atomic E-state index is 0.0184. The largest absolute Gasteiger partial charge is 0.484 e. The number of halogens is 1. The van der Waals surface area contributed by atoms with Crippen molar-refractivity contribution in [1.82, 2.24) is 20.1 Å². The van der Waals surface area contributed by atoms with Crippen LogP contribution in [0.2, 0.25) is 5.02 Å². The SMILES string of the molecule is O=C(NC1CC1)C(Sc1nnc(COc2ccccc2Cl)n1-c1ccccc1)c1ccccc1. The van der Waals surface area contributed by atoms with Crippen LogP contribution >= 0.6 is 23.4 Å². The normalized spacial score (nSPS) is 13.9. The zero-order valence-electron chi connectivity index (χ0n) is 18.3. The van der Waals surface area contributed by atoms with Gasteiger partial charge in [0.2, 0.25) is 5.91 Å². The molecule has 1 aliphatic carbocycles. The van der Waals surface area contributed by atoms with Gasteiger partial charge in [-0.15, -0.1) is 10.2 Å². The van der Waals surface area contributed by atoms with Gasteiger partial charge in [0.1, 0.15) is 17.6 Å². The third-order valence-electron chi connectivity index (χ3n) is 5.40. The molecule has 5 rings (SSSR count). The van der Waals surface area contributed by atoms with E-state index >= 15 is 0 Å². The number of carbonyl (C=O) groups is 1. The molecule has 8 heteroatoms. The van der Waals surface area contributed by atoms with Gasteiger partial charge in [-0.25, -0.2) is 0 Å². The van der Waals surface area contributed by atoms with Gasteiger partial charge in [-0.2, -0.15) is 0 Å². The topological polar surface area (TPSA) is 69.0 Å².